The average Bonchev–Trinajstić information content (AvgIpc) is 2.24. The van der Waals surface area contributed by atoms with Crippen LogP contribution in [0.2, 0.25) is 0 Å². The number of nitrogens with one attached hydrogen (secondary N) is 1. The summed E-state index contributed by atoms with van der Waals surface area (Å²) in [5.74, 6) is -0.267. The lowest BCUT2D eigenvalue weighted by Gasteiger charge is -2.17. The van der Waals surface area contributed by atoms with E-state index in [-0.39, 0.29) is 11.9 Å². The Kier molecular flexibility index (Phi) is 5.49. The van der Waals surface area contributed by atoms with Crippen molar-refractivity contribution in [2.24, 2.45) is 5.73 Å². The van der Waals surface area contributed by atoms with E-state index < -0.39 is 0 Å². The number of halogens is 1. The molecular weight excluding hydrogens is 268 g/mol. The lowest BCUT2D eigenvalue weighted by molar-refractivity contribution is -0.117. The molecule has 0 aliphatic rings. The summed E-state index contributed by atoms with van der Waals surface area (Å²) >= 11 is 3.45. The number of hydrogen-bond acceptors (Lipinski definition) is 2. The lowest BCUT2D eigenvalue weighted by atomic mass is 10.0. The Balaban J connectivity index is 2.57. The van der Waals surface area contributed by atoms with Gasteiger partial charge in [0.2, 0.25) is 5.91 Å². The third-order valence-electron chi connectivity index (χ3n) is 2.42. The fourth-order valence-corrected chi connectivity index (χ4v) is 2.01. The van der Waals surface area contributed by atoms with Crippen LogP contribution in [-0.4, -0.2) is 12.5 Å². The first-order chi connectivity index (χ1) is 7.63. The minimum absolute atomic E-state index is 0.267. The van der Waals surface area contributed by atoms with Crippen molar-refractivity contribution in [2.75, 3.05) is 6.54 Å². The van der Waals surface area contributed by atoms with Crippen molar-refractivity contribution in [2.45, 2.75) is 25.8 Å². The van der Waals surface area contributed by atoms with Crippen molar-refractivity contribution in [3.8, 4) is 0 Å². The van der Waals surface area contributed by atoms with Gasteiger partial charge in [-0.1, -0.05) is 35.0 Å². The molecule has 0 bridgehead atoms. The van der Waals surface area contributed by atoms with Crippen LogP contribution in [0.15, 0.2) is 28.7 Å². The Labute approximate surface area is 105 Å². The summed E-state index contributed by atoms with van der Waals surface area (Å²) in [7, 11) is 0. The minimum Gasteiger partial charge on any atom is -0.370 e. The predicted molar refractivity (Wildman–Crippen MR) is 69.0 cm³/mol. The van der Waals surface area contributed by atoms with Crippen LogP contribution in [0, 0.1) is 0 Å². The highest BCUT2D eigenvalue weighted by molar-refractivity contribution is 9.10. The molecule has 1 aromatic rings. The van der Waals surface area contributed by atoms with Gasteiger partial charge in [0.05, 0.1) is 0 Å². The summed E-state index contributed by atoms with van der Waals surface area (Å²) in [6.45, 7) is 2.74. The van der Waals surface area contributed by atoms with Gasteiger partial charge in [0.1, 0.15) is 0 Å². The van der Waals surface area contributed by atoms with E-state index in [0.29, 0.717) is 13.0 Å². The number of rotatable bonds is 6. The first-order valence-corrected chi connectivity index (χ1v) is 6.20. The van der Waals surface area contributed by atoms with Crippen molar-refractivity contribution >= 4 is 21.8 Å². The molecule has 1 amide bonds. The molecule has 1 unspecified atom stereocenters. The van der Waals surface area contributed by atoms with Crippen LogP contribution in [0.3, 0.4) is 0 Å². The van der Waals surface area contributed by atoms with Crippen LogP contribution < -0.4 is 11.1 Å². The Morgan fingerprint density at radius 2 is 2.31 bits per heavy atom. The molecule has 0 spiro atoms. The van der Waals surface area contributed by atoms with Crippen molar-refractivity contribution < 1.29 is 4.79 Å². The van der Waals surface area contributed by atoms with Gasteiger partial charge in [0.15, 0.2) is 0 Å². The highest BCUT2D eigenvalue weighted by Gasteiger charge is 2.08. The van der Waals surface area contributed by atoms with Gasteiger partial charge in [-0.2, -0.15) is 0 Å². The Bertz CT molecular complexity index is 355. The second kappa shape index (κ2) is 6.66. The molecule has 0 saturated heterocycles. The molecule has 1 aromatic carbocycles. The zero-order valence-electron chi connectivity index (χ0n) is 9.37. The number of carbonyl (C=O) groups is 1. The topological polar surface area (TPSA) is 55.1 Å². The standard InChI is InChI=1S/C12H17BrN2O/c1-2-11(15-7-6-12(14)16)9-4-3-5-10(13)8-9/h3-5,8,11,15H,2,6-7H2,1H3,(H2,14,16). The van der Waals surface area contributed by atoms with Crippen LogP contribution in [0.5, 0.6) is 0 Å². The van der Waals surface area contributed by atoms with Gasteiger partial charge in [-0.3, -0.25) is 4.79 Å². The van der Waals surface area contributed by atoms with E-state index in [0.717, 1.165) is 10.9 Å². The molecule has 1 rings (SSSR count). The molecule has 3 N–H and O–H groups in total. The van der Waals surface area contributed by atoms with Crippen molar-refractivity contribution in [1.82, 2.24) is 5.32 Å². The molecule has 0 heterocycles. The molecule has 0 aliphatic heterocycles. The summed E-state index contributed by atoms with van der Waals surface area (Å²) in [6, 6.07) is 8.45. The quantitative estimate of drug-likeness (QED) is 0.843. The van der Waals surface area contributed by atoms with Crippen LogP contribution in [0.1, 0.15) is 31.4 Å². The van der Waals surface area contributed by atoms with Gasteiger partial charge < -0.3 is 11.1 Å². The van der Waals surface area contributed by atoms with Crippen molar-refractivity contribution in [3.05, 3.63) is 34.3 Å². The number of carbonyl (C=O) groups excluding carboxylic acids is 1. The molecule has 1 atom stereocenters. The summed E-state index contributed by atoms with van der Waals surface area (Å²) in [5, 5.41) is 3.32. The monoisotopic (exact) mass is 284 g/mol. The van der Waals surface area contributed by atoms with Gasteiger partial charge in [0.25, 0.3) is 0 Å². The van der Waals surface area contributed by atoms with Crippen LogP contribution in [0.4, 0.5) is 0 Å². The summed E-state index contributed by atoms with van der Waals surface area (Å²) in [5.41, 5.74) is 6.32. The maximum atomic E-state index is 10.6. The molecule has 0 radical (unpaired) electrons. The van der Waals surface area contributed by atoms with Crippen molar-refractivity contribution in [1.29, 1.82) is 0 Å². The molecule has 3 nitrogen and oxygen atoms in total. The molecule has 0 aromatic heterocycles. The maximum Gasteiger partial charge on any atom is 0.218 e. The average molecular weight is 285 g/mol. The SMILES string of the molecule is CCC(NCCC(N)=O)c1cccc(Br)c1. The summed E-state index contributed by atoms with van der Waals surface area (Å²) < 4.78 is 1.07. The lowest BCUT2D eigenvalue weighted by Crippen LogP contribution is -2.25. The van der Waals surface area contributed by atoms with Gasteiger partial charge in [-0.15, -0.1) is 0 Å². The largest absolute Gasteiger partial charge is 0.370 e. The summed E-state index contributed by atoms with van der Waals surface area (Å²) in [6.07, 6.45) is 1.36. The zero-order valence-corrected chi connectivity index (χ0v) is 11.0. The second-order valence-electron chi connectivity index (χ2n) is 3.69. The fourth-order valence-electron chi connectivity index (χ4n) is 1.59. The van der Waals surface area contributed by atoms with E-state index in [2.05, 4.69) is 40.3 Å². The highest BCUT2D eigenvalue weighted by atomic mass is 79.9. The minimum atomic E-state index is -0.267. The number of amides is 1. The number of nitrogens with two attached hydrogens (primary N) is 1. The van der Waals surface area contributed by atoms with Gasteiger partial charge >= 0.3 is 0 Å². The van der Waals surface area contributed by atoms with E-state index in [1.165, 1.54) is 5.56 Å². The van der Waals surface area contributed by atoms with Crippen LogP contribution in [-0.2, 0) is 4.79 Å². The zero-order chi connectivity index (χ0) is 12.0. The molecule has 4 heteroatoms. The first-order valence-electron chi connectivity index (χ1n) is 5.40. The molecule has 0 saturated carbocycles. The van der Waals surface area contributed by atoms with Crippen molar-refractivity contribution in [3.63, 3.8) is 0 Å². The van der Waals surface area contributed by atoms with E-state index in [4.69, 9.17) is 5.73 Å². The molecule has 88 valence electrons. The fraction of sp³-hybridized carbons (Fsp3) is 0.417. The molecule has 16 heavy (non-hydrogen) atoms. The highest BCUT2D eigenvalue weighted by Crippen LogP contribution is 2.20. The number of hydrogen-bond donors (Lipinski definition) is 2. The first kappa shape index (κ1) is 13.2. The Morgan fingerprint density at radius 3 is 2.88 bits per heavy atom. The Morgan fingerprint density at radius 1 is 1.56 bits per heavy atom. The predicted octanol–water partition coefficient (Wildman–Crippen LogP) is 2.37. The smallest absolute Gasteiger partial charge is 0.218 e. The van der Waals surface area contributed by atoms with Gasteiger partial charge in [-0.05, 0) is 24.1 Å². The van der Waals surface area contributed by atoms with Gasteiger partial charge in [-0.25, -0.2) is 0 Å². The Hall–Kier alpha value is -0.870. The third-order valence-corrected chi connectivity index (χ3v) is 2.91. The summed E-state index contributed by atoms with van der Waals surface area (Å²) in [4.78, 5) is 10.6. The normalized spacial score (nSPS) is 12.4. The van der Waals surface area contributed by atoms with Crippen LogP contribution >= 0.6 is 15.9 Å². The molecular formula is C12H17BrN2O. The van der Waals surface area contributed by atoms with Crippen LogP contribution in [0.25, 0.3) is 0 Å². The van der Waals surface area contributed by atoms with E-state index in [9.17, 15) is 4.79 Å². The third kappa shape index (κ3) is 4.33. The van der Waals surface area contributed by atoms with E-state index >= 15 is 0 Å². The van der Waals surface area contributed by atoms with E-state index in [1.807, 2.05) is 12.1 Å². The van der Waals surface area contributed by atoms with Gasteiger partial charge in [0, 0.05) is 23.5 Å². The number of benzene rings is 1. The molecule has 0 aliphatic carbocycles. The van der Waals surface area contributed by atoms with E-state index in [1.54, 1.807) is 0 Å². The number of primary amides is 1. The second-order valence-corrected chi connectivity index (χ2v) is 4.60. The maximum absolute atomic E-state index is 10.6. The molecule has 0 fully saturated rings.